The molecule has 1 aliphatic heterocycles. The molecule has 6 nitrogen and oxygen atoms in total. The number of methoxy groups -OCH3 is 2. The van der Waals surface area contributed by atoms with E-state index < -0.39 is 17.2 Å². The number of aromatic nitrogens is 2. The number of aliphatic hydroxyl groups is 1. The smallest absolute Gasteiger partial charge is 0.319 e. The fourth-order valence-corrected chi connectivity index (χ4v) is 4.94. The number of rotatable bonds is 5. The van der Waals surface area contributed by atoms with Crippen molar-refractivity contribution in [1.82, 2.24) is 14.9 Å². The monoisotopic (exact) mass is 405 g/mol. The van der Waals surface area contributed by atoms with Gasteiger partial charge in [0.2, 0.25) is 5.88 Å². The topological polar surface area (TPSA) is 67.7 Å². The molecule has 3 atom stereocenters. The third-order valence-electron chi connectivity index (χ3n) is 6.17. The summed E-state index contributed by atoms with van der Waals surface area (Å²) in [5.74, 6) is -0.605. The Morgan fingerprint density at radius 2 is 1.93 bits per heavy atom. The molecule has 29 heavy (non-hydrogen) atoms. The summed E-state index contributed by atoms with van der Waals surface area (Å²) < 4.78 is 37.6. The minimum absolute atomic E-state index is 0.0412. The van der Waals surface area contributed by atoms with Crippen molar-refractivity contribution in [2.75, 3.05) is 27.3 Å². The van der Waals surface area contributed by atoms with E-state index in [1.807, 2.05) is 0 Å². The lowest BCUT2D eigenvalue weighted by Crippen LogP contribution is -2.43. The summed E-state index contributed by atoms with van der Waals surface area (Å²) in [5, 5.41) is 11.7. The molecule has 1 aromatic heterocycles. The second-order valence-corrected chi connectivity index (χ2v) is 7.93. The van der Waals surface area contributed by atoms with E-state index in [-0.39, 0.29) is 17.8 Å². The molecule has 1 saturated heterocycles. The molecule has 2 aromatic rings. The molecule has 8 heteroatoms. The van der Waals surface area contributed by atoms with Crippen LogP contribution in [0.2, 0.25) is 0 Å². The van der Waals surface area contributed by atoms with Gasteiger partial charge in [-0.25, -0.2) is 13.8 Å². The van der Waals surface area contributed by atoms with Gasteiger partial charge in [-0.15, -0.1) is 0 Å². The summed E-state index contributed by atoms with van der Waals surface area (Å²) in [6, 6.07) is 3.78. The predicted octanol–water partition coefficient (Wildman–Crippen LogP) is 2.89. The molecule has 2 fully saturated rings. The van der Waals surface area contributed by atoms with Gasteiger partial charge in [0, 0.05) is 37.8 Å². The third kappa shape index (κ3) is 3.79. The van der Waals surface area contributed by atoms with E-state index >= 15 is 0 Å². The van der Waals surface area contributed by atoms with Gasteiger partial charge >= 0.3 is 6.01 Å². The molecule has 0 spiro atoms. The quantitative estimate of drug-likeness (QED) is 0.825. The van der Waals surface area contributed by atoms with Gasteiger partial charge in [0.05, 0.1) is 19.8 Å². The minimum Gasteiger partial charge on any atom is -0.481 e. The highest BCUT2D eigenvalue weighted by Gasteiger charge is 2.51. The van der Waals surface area contributed by atoms with Crippen LogP contribution in [0.3, 0.4) is 0 Å². The summed E-state index contributed by atoms with van der Waals surface area (Å²) in [4.78, 5) is 10.6. The van der Waals surface area contributed by atoms with E-state index in [1.165, 1.54) is 26.4 Å². The Balaban J connectivity index is 1.59. The Kier molecular flexibility index (Phi) is 5.40. The maximum atomic E-state index is 13.6. The molecule has 2 aliphatic rings. The number of ether oxygens (including phenoxy) is 2. The molecule has 2 heterocycles. The van der Waals surface area contributed by atoms with Crippen molar-refractivity contribution < 1.29 is 23.4 Å². The summed E-state index contributed by atoms with van der Waals surface area (Å²) in [6.07, 6.45) is 4.04. The van der Waals surface area contributed by atoms with Crippen molar-refractivity contribution >= 4 is 0 Å². The molecular weight excluding hydrogens is 380 g/mol. The van der Waals surface area contributed by atoms with Gasteiger partial charge in [0.1, 0.15) is 17.2 Å². The van der Waals surface area contributed by atoms with Gasteiger partial charge in [-0.05, 0) is 42.9 Å². The number of benzene rings is 1. The molecule has 4 rings (SSSR count). The molecule has 1 aliphatic carbocycles. The highest BCUT2D eigenvalue weighted by atomic mass is 19.1. The first-order valence-electron chi connectivity index (χ1n) is 9.78. The van der Waals surface area contributed by atoms with E-state index in [2.05, 4.69) is 14.9 Å². The molecule has 0 amide bonds. The molecule has 1 N–H and O–H groups in total. The van der Waals surface area contributed by atoms with Crippen LogP contribution in [0.1, 0.15) is 30.4 Å². The van der Waals surface area contributed by atoms with Gasteiger partial charge in [0.25, 0.3) is 0 Å². The first-order chi connectivity index (χ1) is 13.9. The van der Waals surface area contributed by atoms with E-state index in [4.69, 9.17) is 9.47 Å². The van der Waals surface area contributed by atoms with Crippen molar-refractivity contribution in [2.45, 2.75) is 31.4 Å². The number of nitrogens with zero attached hydrogens (tertiary/aromatic N) is 3. The minimum atomic E-state index is -1.12. The van der Waals surface area contributed by atoms with Crippen LogP contribution in [0.25, 0.3) is 0 Å². The van der Waals surface area contributed by atoms with Gasteiger partial charge < -0.3 is 14.6 Å². The molecule has 1 aromatic carbocycles. The lowest BCUT2D eigenvalue weighted by atomic mass is 9.68. The van der Waals surface area contributed by atoms with Crippen molar-refractivity contribution in [3.05, 3.63) is 47.2 Å². The number of fused-ring (bicyclic) bond motifs is 1. The van der Waals surface area contributed by atoms with Gasteiger partial charge in [-0.3, -0.25) is 4.90 Å². The van der Waals surface area contributed by atoms with Crippen molar-refractivity contribution in [3.63, 3.8) is 0 Å². The Hall–Kier alpha value is -2.32. The van der Waals surface area contributed by atoms with Crippen molar-refractivity contribution in [2.24, 2.45) is 11.8 Å². The molecular formula is C21H25F2N3O3. The number of halogens is 2. The number of hydrogen-bond donors (Lipinski definition) is 1. The normalized spacial score (nSPS) is 26.9. The van der Waals surface area contributed by atoms with E-state index in [1.54, 1.807) is 6.20 Å². The largest absolute Gasteiger partial charge is 0.481 e. The van der Waals surface area contributed by atoms with E-state index in [0.29, 0.717) is 36.5 Å². The number of likely N-dealkylation sites (tertiary alicyclic amines) is 1. The first kappa shape index (κ1) is 20.0. The summed E-state index contributed by atoms with van der Waals surface area (Å²) >= 11 is 0. The van der Waals surface area contributed by atoms with Gasteiger partial charge in [-0.2, -0.15) is 4.98 Å². The zero-order chi connectivity index (χ0) is 20.6. The van der Waals surface area contributed by atoms with Crippen LogP contribution < -0.4 is 9.47 Å². The zero-order valence-electron chi connectivity index (χ0n) is 16.6. The highest BCUT2D eigenvalue weighted by molar-refractivity contribution is 5.33. The molecule has 0 unspecified atom stereocenters. The molecule has 156 valence electrons. The first-order valence-corrected chi connectivity index (χ1v) is 9.78. The molecule has 0 radical (unpaired) electrons. The Morgan fingerprint density at radius 1 is 1.17 bits per heavy atom. The number of hydrogen-bond acceptors (Lipinski definition) is 6. The Morgan fingerprint density at radius 3 is 2.62 bits per heavy atom. The second kappa shape index (κ2) is 7.84. The van der Waals surface area contributed by atoms with Crippen LogP contribution >= 0.6 is 0 Å². The van der Waals surface area contributed by atoms with Crippen LogP contribution in [-0.2, 0) is 12.1 Å². The SMILES string of the molecule is COc1ncc([C@]2(O)CCC[C@H]3CN(Cc4cc(F)cc(F)c4)C[C@@H]32)c(OC)n1. The maximum absolute atomic E-state index is 13.6. The fourth-order valence-electron chi connectivity index (χ4n) is 4.94. The second-order valence-electron chi connectivity index (χ2n) is 7.93. The van der Waals surface area contributed by atoms with Crippen LogP contribution in [0.5, 0.6) is 11.9 Å². The van der Waals surface area contributed by atoms with E-state index in [0.717, 1.165) is 25.5 Å². The Bertz CT molecular complexity index is 877. The van der Waals surface area contributed by atoms with Crippen molar-refractivity contribution in [1.29, 1.82) is 0 Å². The third-order valence-corrected chi connectivity index (χ3v) is 6.17. The average molecular weight is 405 g/mol. The maximum Gasteiger partial charge on any atom is 0.319 e. The predicted molar refractivity (Wildman–Crippen MR) is 101 cm³/mol. The van der Waals surface area contributed by atoms with Crippen LogP contribution in [-0.4, -0.2) is 47.3 Å². The summed E-state index contributed by atoms with van der Waals surface area (Å²) in [7, 11) is 2.98. The molecule has 0 bridgehead atoms. The van der Waals surface area contributed by atoms with Crippen LogP contribution in [0, 0.1) is 23.5 Å². The highest BCUT2D eigenvalue weighted by Crippen LogP contribution is 2.50. The van der Waals surface area contributed by atoms with Gasteiger partial charge in [-0.1, -0.05) is 0 Å². The molecule has 1 saturated carbocycles. The zero-order valence-corrected chi connectivity index (χ0v) is 16.6. The average Bonchev–Trinajstić information content (AvgIpc) is 3.10. The lowest BCUT2D eigenvalue weighted by molar-refractivity contribution is -0.0669. The van der Waals surface area contributed by atoms with Gasteiger partial charge in [0.15, 0.2) is 0 Å². The Labute approximate surface area is 168 Å². The summed E-state index contributed by atoms with van der Waals surface area (Å²) in [5.41, 5.74) is 0.0341. The van der Waals surface area contributed by atoms with E-state index in [9.17, 15) is 13.9 Å². The van der Waals surface area contributed by atoms with Crippen LogP contribution in [0.15, 0.2) is 24.4 Å². The summed E-state index contributed by atoms with van der Waals surface area (Å²) in [6.45, 7) is 1.83. The van der Waals surface area contributed by atoms with Crippen LogP contribution in [0.4, 0.5) is 8.78 Å². The van der Waals surface area contributed by atoms with Crippen molar-refractivity contribution in [3.8, 4) is 11.9 Å². The standard InChI is InChI=1S/C21H25F2N3O3/c1-28-19-17(9-24-20(25-19)29-2)21(27)5-3-4-14-11-26(12-18(14)21)10-13-6-15(22)8-16(23)7-13/h6-9,14,18,27H,3-5,10-12H2,1-2H3/t14-,18-,21+/m0/s1. The fraction of sp³-hybridized carbons (Fsp3) is 0.524. The lowest BCUT2D eigenvalue weighted by Gasteiger charge is -2.41.